The van der Waals surface area contributed by atoms with Gasteiger partial charge in [-0.05, 0) is 80.4 Å². The molecule has 6 rings (SSSR count). The molecule has 0 unspecified atom stereocenters. The molecule has 0 saturated carbocycles. The number of nitrogens with zero attached hydrogens (tertiary/aromatic N) is 3. The molecule has 0 fully saturated rings. The minimum Gasteiger partial charge on any atom is -0.478 e. The number of aromatic nitrogens is 2. The Labute approximate surface area is 267 Å². The molecule has 8 nitrogen and oxygen atoms in total. The number of fused-ring (bicyclic) bond motifs is 1. The number of ether oxygens (including phenoxy) is 1. The maximum Gasteiger partial charge on any atom is 0.338 e. The van der Waals surface area contributed by atoms with E-state index in [-0.39, 0.29) is 23.3 Å². The van der Waals surface area contributed by atoms with Crippen LogP contribution in [-0.2, 0) is 9.53 Å². The Morgan fingerprint density at radius 3 is 2.36 bits per heavy atom. The van der Waals surface area contributed by atoms with Gasteiger partial charge in [-0.2, -0.15) is 0 Å². The van der Waals surface area contributed by atoms with Gasteiger partial charge in [-0.1, -0.05) is 65.4 Å². The topological polar surface area (TPSA) is 103 Å². The first kappa shape index (κ1) is 30.1. The molecule has 3 aromatic carbocycles. The molecule has 0 bridgehead atoms. The first-order chi connectivity index (χ1) is 21.7. The number of carbonyl (C=O) groups excluding carboxylic acids is 1. The van der Waals surface area contributed by atoms with E-state index in [0.717, 1.165) is 28.2 Å². The molecule has 5 aromatic rings. The third-order valence-electron chi connectivity index (χ3n) is 7.69. The van der Waals surface area contributed by atoms with E-state index in [2.05, 4.69) is 0 Å². The van der Waals surface area contributed by atoms with Crippen LogP contribution in [0.3, 0.4) is 0 Å². The zero-order chi connectivity index (χ0) is 31.8. The van der Waals surface area contributed by atoms with Gasteiger partial charge in [0.2, 0.25) is 0 Å². The summed E-state index contributed by atoms with van der Waals surface area (Å²) in [7, 11) is 0. The van der Waals surface area contributed by atoms with E-state index in [4.69, 9.17) is 21.3 Å². The standard InChI is InChI=1S/C35H28ClN3O5S/c1-4-44-34(43)29-30(22-8-6-5-7-9-22)37-35-39(31(29)23-10-14-26(36)15-11-23)32(40)28(45-35)19-25-18-20(2)38(21(25)3)27-16-12-24(13-17-27)33(41)42/h5-19,31H,4H2,1-3H3,(H,41,42)/b28-19+/t31-/m0/s1. The maximum absolute atomic E-state index is 14.2. The number of esters is 1. The average Bonchev–Trinajstić information content (AvgIpc) is 3.50. The molecule has 45 heavy (non-hydrogen) atoms. The Morgan fingerprint density at radius 1 is 1.02 bits per heavy atom. The molecular weight excluding hydrogens is 610 g/mol. The van der Waals surface area contributed by atoms with E-state index < -0.39 is 18.0 Å². The average molecular weight is 638 g/mol. The highest BCUT2D eigenvalue weighted by molar-refractivity contribution is 7.07. The smallest absolute Gasteiger partial charge is 0.338 e. The number of carbonyl (C=O) groups is 2. The molecule has 0 spiro atoms. The van der Waals surface area contributed by atoms with Crippen LogP contribution in [0.4, 0.5) is 0 Å². The Morgan fingerprint density at radius 2 is 1.71 bits per heavy atom. The number of benzene rings is 3. The second-order valence-corrected chi connectivity index (χ2v) is 11.9. The van der Waals surface area contributed by atoms with Crippen molar-refractivity contribution in [1.82, 2.24) is 9.13 Å². The van der Waals surface area contributed by atoms with Crippen molar-refractivity contribution in [3.8, 4) is 5.69 Å². The van der Waals surface area contributed by atoms with Gasteiger partial charge >= 0.3 is 11.9 Å². The second kappa shape index (κ2) is 12.2. The van der Waals surface area contributed by atoms with Crippen LogP contribution in [-0.4, -0.2) is 32.8 Å². The van der Waals surface area contributed by atoms with Gasteiger partial charge in [0.15, 0.2) is 4.80 Å². The first-order valence-corrected chi connectivity index (χ1v) is 15.4. The summed E-state index contributed by atoms with van der Waals surface area (Å²) in [5.74, 6) is -1.54. The molecule has 3 heterocycles. The van der Waals surface area contributed by atoms with Crippen molar-refractivity contribution in [3.05, 3.63) is 149 Å². The normalized spacial score (nSPS) is 14.7. The Bertz CT molecular complexity index is 2160. The van der Waals surface area contributed by atoms with Crippen LogP contribution in [0.15, 0.2) is 100 Å². The third-order valence-corrected chi connectivity index (χ3v) is 8.92. The summed E-state index contributed by atoms with van der Waals surface area (Å²) in [6.07, 6.45) is 1.84. The highest BCUT2D eigenvalue weighted by atomic mass is 35.5. The summed E-state index contributed by atoms with van der Waals surface area (Å²) in [6, 6.07) is 24.3. The second-order valence-electron chi connectivity index (χ2n) is 10.5. The molecule has 0 saturated heterocycles. The minimum absolute atomic E-state index is 0.164. The number of aromatic carboxylic acids is 1. The Kier molecular flexibility index (Phi) is 8.14. The zero-order valence-electron chi connectivity index (χ0n) is 24.7. The van der Waals surface area contributed by atoms with Gasteiger partial charge in [-0.3, -0.25) is 9.36 Å². The first-order valence-electron chi connectivity index (χ1n) is 14.2. The van der Waals surface area contributed by atoms with E-state index in [1.807, 2.05) is 60.9 Å². The van der Waals surface area contributed by atoms with Gasteiger partial charge in [0.1, 0.15) is 0 Å². The predicted molar refractivity (Wildman–Crippen MR) is 175 cm³/mol. The molecule has 1 aliphatic rings. The largest absolute Gasteiger partial charge is 0.478 e. The molecule has 10 heteroatoms. The van der Waals surface area contributed by atoms with Gasteiger partial charge in [-0.25, -0.2) is 14.6 Å². The number of halogens is 1. The molecule has 1 atom stereocenters. The van der Waals surface area contributed by atoms with Gasteiger partial charge in [0, 0.05) is 27.7 Å². The van der Waals surface area contributed by atoms with Crippen LogP contribution >= 0.6 is 22.9 Å². The van der Waals surface area contributed by atoms with E-state index in [1.165, 1.54) is 11.3 Å². The lowest BCUT2D eigenvalue weighted by atomic mass is 9.93. The predicted octanol–water partition coefficient (Wildman–Crippen LogP) is 5.69. The number of aryl methyl sites for hydroxylation is 1. The van der Waals surface area contributed by atoms with Crippen molar-refractivity contribution >= 4 is 46.6 Å². The molecule has 1 aliphatic heterocycles. The molecule has 0 aliphatic carbocycles. The SMILES string of the molecule is CCOC(=O)C1=C(c2ccccc2)N=c2s/c(=C/c3cc(C)n(-c4ccc(C(=O)O)cc4)c3C)c(=O)n2[C@H]1c1ccc(Cl)cc1. The molecule has 2 aromatic heterocycles. The molecule has 1 N–H and O–H groups in total. The molecule has 0 radical (unpaired) electrons. The number of thiazole rings is 1. The van der Waals surface area contributed by atoms with Crippen LogP contribution in [0.25, 0.3) is 17.5 Å². The number of carboxylic acid groups (broad SMARTS) is 1. The molecule has 0 amide bonds. The number of carboxylic acids is 1. The summed E-state index contributed by atoms with van der Waals surface area (Å²) in [5.41, 5.74) is 5.50. The van der Waals surface area contributed by atoms with E-state index >= 15 is 0 Å². The van der Waals surface area contributed by atoms with Crippen molar-refractivity contribution in [2.24, 2.45) is 4.99 Å². The van der Waals surface area contributed by atoms with Crippen molar-refractivity contribution in [2.75, 3.05) is 6.61 Å². The van der Waals surface area contributed by atoms with E-state index in [0.29, 0.717) is 25.6 Å². The number of rotatable bonds is 7. The number of hydrogen-bond donors (Lipinski definition) is 1. The van der Waals surface area contributed by atoms with Crippen molar-refractivity contribution in [1.29, 1.82) is 0 Å². The molecular formula is C35H28ClN3O5S. The minimum atomic E-state index is -0.989. The fourth-order valence-corrected chi connectivity index (χ4v) is 6.74. The van der Waals surface area contributed by atoms with Crippen molar-refractivity contribution in [2.45, 2.75) is 26.8 Å². The van der Waals surface area contributed by atoms with Crippen LogP contribution < -0.4 is 14.9 Å². The van der Waals surface area contributed by atoms with E-state index in [9.17, 15) is 19.5 Å². The van der Waals surface area contributed by atoms with Crippen LogP contribution in [0.1, 0.15) is 51.4 Å². The summed E-state index contributed by atoms with van der Waals surface area (Å²) in [4.78, 5) is 44.5. The number of hydrogen-bond acceptors (Lipinski definition) is 6. The van der Waals surface area contributed by atoms with Crippen LogP contribution in [0.5, 0.6) is 0 Å². The summed E-state index contributed by atoms with van der Waals surface area (Å²) in [5, 5.41) is 9.82. The van der Waals surface area contributed by atoms with Crippen molar-refractivity contribution in [3.63, 3.8) is 0 Å². The quantitative estimate of drug-likeness (QED) is 0.231. The summed E-state index contributed by atoms with van der Waals surface area (Å²) >= 11 is 7.47. The fourth-order valence-electron chi connectivity index (χ4n) is 5.63. The van der Waals surface area contributed by atoms with Gasteiger partial charge in [0.25, 0.3) is 5.56 Å². The van der Waals surface area contributed by atoms with E-state index in [1.54, 1.807) is 60.0 Å². The maximum atomic E-state index is 14.2. The monoisotopic (exact) mass is 637 g/mol. The Hall–Kier alpha value is -4.99. The zero-order valence-corrected chi connectivity index (χ0v) is 26.2. The fraction of sp³-hybridized carbons (Fsp3) is 0.143. The van der Waals surface area contributed by atoms with Crippen molar-refractivity contribution < 1.29 is 19.4 Å². The third kappa shape index (κ3) is 5.56. The van der Waals surface area contributed by atoms with Gasteiger partial charge in [-0.15, -0.1) is 0 Å². The lowest BCUT2D eigenvalue weighted by molar-refractivity contribution is -0.138. The highest BCUT2D eigenvalue weighted by Crippen LogP contribution is 2.35. The lowest BCUT2D eigenvalue weighted by Gasteiger charge is -2.25. The summed E-state index contributed by atoms with van der Waals surface area (Å²) < 4.78 is 9.54. The van der Waals surface area contributed by atoms with Gasteiger partial charge < -0.3 is 14.4 Å². The van der Waals surface area contributed by atoms with Crippen LogP contribution in [0.2, 0.25) is 5.02 Å². The molecule has 226 valence electrons. The Balaban J connectivity index is 1.56. The van der Waals surface area contributed by atoms with Gasteiger partial charge in [0.05, 0.1) is 34.0 Å². The van der Waals surface area contributed by atoms with Crippen LogP contribution in [0, 0.1) is 13.8 Å². The summed E-state index contributed by atoms with van der Waals surface area (Å²) in [6.45, 7) is 5.81. The highest BCUT2D eigenvalue weighted by Gasteiger charge is 2.35. The lowest BCUT2D eigenvalue weighted by Crippen LogP contribution is -2.40.